The number of hydrogen-bond acceptors (Lipinski definition) is 4. The van der Waals surface area contributed by atoms with Crippen LogP contribution in [0.1, 0.15) is 37.3 Å². The number of thiophene rings is 1. The van der Waals surface area contributed by atoms with E-state index in [1.807, 2.05) is 5.38 Å². The number of carbonyl (C=O) groups excluding carboxylic acids is 3. The number of nitrogens with one attached hydrogen (secondary N) is 2. The molecular weight excluding hydrogens is 348 g/mol. The van der Waals surface area contributed by atoms with E-state index in [-0.39, 0.29) is 17.6 Å². The first-order valence-corrected chi connectivity index (χ1v) is 8.79. The Kier molecular flexibility index (Phi) is 5.24. The fraction of sp³-hybridized carbons (Fsp3) is 0.0500. The van der Waals surface area contributed by atoms with Gasteiger partial charge < -0.3 is 10.6 Å². The lowest BCUT2D eigenvalue weighted by molar-refractivity contribution is 0.101. The molecule has 6 heteroatoms. The molecule has 130 valence electrons. The molecule has 1 aromatic heterocycles. The van der Waals surface area contributed by atoms with Gasteiger partial charge in [-0.1, -0.05) is 24.3 Å². The Balaban J connectivity index is 1.77. The second-order valence-electron chi connectivity index (χ2n) is 5.57. The Morgan fingerprint density at radius 2 is 1.65 bits per heavy atom. The zero-order valence-corrected chi connectivity index (χ0v) is 14.8. The largest absolute Gasteiger partial charge is 0.321 e. The van der Waals surface area contributed by atoms with Crippen molar-refractivity contribution in [1.29, 1.82) is 0 Å². The third kappa shape index (κ3) is 4.04. The van der Waals surface area contributed by atoms with Crippen molar-refractivity contribution >= 4 is 40.3 Å². The summed E-state index contributed by atoms with van der Waals surface area (Å²) in [4.78, 5) is 36.9. The summed E-state index contributed by atoms with van der Waals surface area (Å²) in [7, 11) is 0. The van der Waals surface area contributed by atoms with Gasteiger partial charge in [0.05, 0.1) is 10.6 Å². The van der Waals surface area contributed by atoms with E-state index < -0.39 is 0 Å². The van der Waals surface area contributed by atoms with Crippen LogP contribution < -0.4 is 10.6 Å². The van der Waals surface area contributed by atoms with E-state index in [0.29, 0.717) is 27.4 Å². The minimum Gasteiger partial charge on any atom is -0.321 e. The van der Waals surface area contributed by atoms with E-state index in [9.17, 15) is 14.4 Å². The molecular formula is C20H16N2O3S. The molecule has 0 aliphatic rings. The van der Waals surface area contributed by atoms with Crippen molar-refractivity contribution in [1.82, 2.24) is 0 Å². The van der Waals surface area contributed by atoms with Crippen molar-refractivity contribution in [3.05, 3.63) is 82.0 Å². The number of hydrogen-bond donors (Lipinski definition) is 2. The molecule has 2 amide bonds. The van der Waals surface area contributed by atoms with Crippen molar-refractivity contribution < 1.29 is 14.4 Å². The Morgan fingerprint density at radius 3 is 2.38 bits per heavy atom. The molecule has 0 spiro atoms. The smallest absolute Gasteiger partial charge is 0.265 e. The van der Waals surface area contributed by atoms with Gasteiger partial charge in [-0.3, -0.25) is 14.4 Å². The second-order valence-corrected chi connectivity index (χ2v) is 6.52. The first-order valence-electron chi connectivity index (χ1n) is 7.91. The molecule has 0 bridgehead atoms. The number of para-hydroxylation sites is 1. The minimum absolute atomic E-state index is 0.127. The summed E-state index contributed by atoms with van der Waals surface area (Å²) in [6, 6.07) is 17.0. The normalized spacial score (nSPS) is 10.2. The van der Waals surface area contributed by atoms with Crippen molar-refractivity contribution in [2.24, 2.45) is 0 Å². The number of benzene rings is 2. The molecule has 3 aromatic rings. The molecule has 26 heavy (non-hydrogen) atoms. The average molecular weight is 364 g/mol. The van der Waals surface area contributed by atoms with Gasteiger partial charge in [-0.2, -0.15) is 0 Å². The van der Waals surface area contributed by atoms with Crippen LogP contribution in [0.5, 0.6) is 0 Å². The number of rotatable bonds is 5. The number of amides is 2. The van der Waals surface area contributed by atoms with E-state index in [1.165, 1.54) is 18.3 Å². The summed E-state index contributed by atoms with van der Waals surface area (Å²) in [6.07, 6.45) is 0. The SMILES string of the molecule is CC(=O)c1ccccc1NC(=O)c1cccc(NC(=O)c2cccs2)c1. The molecule has 0 aliphatic heterocycles. The third-order valence-electron chi connectivity index (χ3n) is 3.68. The Hall–Kier alpha value is -3.25. The molecule has 0 unspecified atom stereocenters. The van der Waals surface area contributed by atoms with Crippen LogP contribution in [0, 0.1) is 0 Å². The van der Waals surface area contributed by atoms with Crippen molar-refractivity contribution in [2.45, 2.75) is 6.92 Å². The van der Waals surface area contributed by atoms with Crippen molar-refractivity contribution in [3.8, 4) is 0 Å². The van der Waals surface area contributed by atoms with E-state index in [4.69, 9.17) is 0 Å². The number of anilines is 2. The molecule has 0 saturated carbocycles. The molecule has 1 heterocycles. The van der Waals surface area contributed by atoms with E-state index in [0.717, 1.165) is 0 Å². The first kappa shape index (κ1) is 17.6. The average Bonchev–Trinajstić information content (AvgIpc) is 3.17. The lowest BCUT2D eigenvalue weighted by atomic mass is 10.1. The maximum Gasteiger partial charge on any atom is 0.265 e. The van der Waals surface area contributed by atoms with Crippen LogP contribution in [0.25, 0.3) is 0 Å². The predicted octanol–water partition coefficient (Wildman–Crippen LogP) is 4.46. The Labute approximate surface area is 154 Å². The van der Waals surface area contributed by atoms with Gasteiger partial charge in [0, 0.05) is 16.8 Å². The lowest BCUT2D eigenvalue weighted by Gasteiger charge is -2.10. The van der Waals surface area contributed by atoms with Crippen LogP contribution in [0.2, 0.25) is 0 Å². The maximum atomic E-state index is 12.5. The highest BCUT2D eigenvalue weighted by Gasteiger charge is 2.13. The number of ketones is 1. The highest BCUT2D eigenvalue weighted by atomic mass is 32.1. The zero-order chi connectivity index (χ0) is 18.5. The monoisotopic (exact) mass is 364 g/mol. The molecule has 2 N–H and O–H groups in total. The molecule has 5 nitrogen and oxygen atoms in total. The van der Waals surface area contributed by atoms with Gasteiger partial charge in [0.1, 0.15) is 0 Å². The van der Waals surface area contributed by atoms with Crippen LogP contribution in [0.4, 0.5) is 11.4 Å². The standard InChI is InChI=1S/C20H16N2O3S/c1-13(23)16-8-2-3-9-17(16)22-19(24)14-6-4-7-15(12-14)21-20(25)18-10-5-11-26-18/h2-12H,1H3,(H,21,25)(H,22,24). The van der Waals surface area contributed by atoms with Gasteiger partial charge in [-0.15, -0.1) is 11.3 Å². The summed E-state index contributed by atoms with van der Waals surface area (Å²) in [5, 5.41) is 7.34. The summed E-state index contributed by atoms with van der Waals surface area (Å²) >= 11 is 1.34. The molecule has 3 rings (SSSR count). The first-order chi connectivity index (χ1) is 12.5. The summed E-state index contributed by atoms with van der Waals surface area (Å²) in [5.74, 6) is -0.705. The number of Topliss-reactive ketones (excluding diaryl/α,β-unsaturated/α-hetero) is 1. The van der Waals surface area contributed by atoms with Crippen LogP contribution in [-0.4, -0.2) is 17.6 Å². The number of carbonyl (C=O) groups is 3. The van der Waals surface area contributed by atoms with Crippen molar-refractivity contribution in [3.63, 3.8) is 0 Å². The molecule has 0 fully saturated rings. The second kappa shape index (κ2) is 7.76. The van der Waals surface area contributed by atoms with Gasteiger partial charge in [-0.25, -0.2) is 0 Å². The maximum absolute atomic E-state index is 12.5. The molecule has 0 saturated heterocycles. The van der Waals surface area contributed by atoms with E-state index in [1.54, 1.807) is 60.7 Å². The van der Waals surface area contributed by atoms with E-state index in [2.05, 4.69) is 10.6 Å². The fourth-order valence-electron chi connectivity index (χ4n) is 2.43. The van der Waals surface area contributed by atoms with Gasteiger partial charge in [0.2, 0.25) is 0 Å². The van der Waals surface area contributed by atoms with Gasteiger partial charge in [0.25, 0.3) is 11.8 Å². The lowest BCUT2D eigenvalue weighted by Crippen LogP contribution is -2.15. The fourth-order valence-corrected chi connectivity index (χ4v) is 3.05. The van der Waals surface area contributed by atoms with Crippen LogP contribution >= 0.6 is 11.3 Å². The van der Waals surface area contributed by atoms with E-state index >= 15 is 0 Å². The highest BCUT2D eigenvalue weighted by Crippen LogP contribution is 2.19. The molecule has 2 aromatic carbocycles. The molecule has 0 atom stereocenters. The third-order valence-corrected chi connectivity index (χ3v) is 4.55. The zero-order valence-electron chi connectivity index (χ0n) is 14.0. The summed E-state index contributed by atoms with van der Waals surface area (Å²) in [5.41, 5.74) is 1.81. The highest BCUT2D eigenvalue weighted by molar-refractivity contribution is 7.12. The summed E-state index contributed by atoms with van der Waals surface area (Å²) < 4.78 is 0. The van der Waals surface area contributed by atoms with Gasteiger partial charge in [-0.05, 0) is 48.7 Å². The van der Waals surface area contributed by atoms with Crippen LogP contribution in [0.15, 0.2) is 66.0 Å². The Morgan fingerprint density at radius 1 is 0.846 bits per heavy atom. The minimum atomic E-state index is -0.356. The quantitative estimate of drug-likeness (QED) is 0.657. The van der Waals surface area contributed by atoms with Gasteiger partial charge >= 0.3 is 0 Å². The topological polar surface area (TPSA) is 75.3 Å². The summed E-state index contributed by atoms with van der Waals surface area (Å²) in [6.45, 7) is 1.45. The van der Waals surface area contributed by atoms with Gasteiger partial charge in [0.15, 0.2) is 5.78 Å². The van der Waals surface area contributed by atoms with Crippen LogP contribution in [0.3, 0.4) is 0 Å². The van der Waals surface area contributed by atoms with Crippen molar-refractivity contribution in [2.75, 3.05) is 10.6 Å². The molecule has 0 aliphatic carbocycles. The Bertz CT molecular complexity index is 965. The predicted molar refractivity (Wildman–Crippen MR) is 103 cm³/mol. The van der Waals surface area contributed by atoms with Crippen LogP contribution in [-0.2, 0) is 0 Å². The molecule has 0 radical (unpaired) electrons.